The minimum Gasteiger partial charge on any atom is -0.377 e. The average Bonchev–Trinajstić information content (AvgIpc) is 2.45. The highest BCUT2D eigenvalue weighted by molar-refractivity contribution is 5.07. The molecule has 1 fully saturated rings. The van der Waals surface area contributed by atoms with Crippen molar-refractivity contribution in [1.29, 1.82) is 0 Å². The zero-order valence-electron chi connectivity index (χ0n) is 11.3. The lowest BCUT2D eigenvalue weighted by Crippen LogP contribution is -2.26. The summed E-state index contributed by atoms with van der Waals surface area (Å²) in [6, 6.07) is 6.32. The first-order valence-electron chi connectivity index (χ1n) is 7.12. The summed E-state index contributed by atoms with van der Waals surface area (Å²) in [6.07, 6.45) is 8.89. The number of aromatic nitrogens is 1. The molecule has 1 aromatic heterocycles. The fourth-order valence-electron chi connectivity index (χ4n) is 2.47. The van der Waals surface area contributed by atoms with Crippen molar-refractivity contribution in [2.24, 2.45) is 0 Å². The van der Waals surface area contributed by atoms with E-state index >= 15 is 0 Å². The Labute approximate surface area is 110 Å². The average molecular weight is 248 g/mol. The summed E-state index contributed by atoms with van der Waals surface area (Å²) in [5.74, 6) is 0. The van der Waals surface area contributed by atoms with Gasteiger partial charge in [0, 0.05) is 18.8 Å². The van der Waals surface area contributed by atoms with Gasteiger partial charge in [-0.15, -0.1) is 0 Å². The maximum Gasteiger partial charge on any atom is 0.0594 e. The summed E-state index contributed by atoms with van der Waals surface area (Å²) in [5, 5.41) is 3.45. The molecule has 3 nitrogen and oxygen atoms in total. The number of ether oxygens (including phenoxy) is 1. The van der Waals surface area contributed by atoms with Gasteiger partial charge in [-0.1, -0.05) is 25.3 Å². The molecule has 1 atom stereocenters. The van der Waals surface area contributed by atoms with E-state index in [1.807, 2.05) is 18.3 Å². The second kappa shape index (κ2) is 7.49. The summed E-state index contributed by atoms with van der Waals surface area (Å²) in [7, 11) is 0. The van der Waals surface area contributed by atoms with Gasteiger partial charge in [-0.25, -0.2) is 0 Å². The molecule has 2 rings (SSSR count). The summed E-state index contributed by atoms with van der Waals surface area (Å²) in [5.41, 5.74) is 1.09. The molecule has 100 valence electrons. The van der Waals surface area contributed by atoms with Crippen LogP contribution in [0.2, 0.25) is 0 Å². The lowest BCUT2D eigenvalue weighted by atomic mass is 9.98. The lowest BCUT2D eigenvalue weighted by Gasteiger charge is -2.22. The lowest BCUT2D eigenvalue weighted by molar-refractivity contribution is 0.0295. The summed E-state index contributed by atoms with van der Waals surface area (Å²) < 4.78 is 5.89. The van der Waals surface area contributed by atoms with Crippen LogP contribution in [0.5, 0.6) is 0 Å². The molecule has 1 aliphatic rings. The summed E-state index contributed by atoms with van der Waals surface area (Å²) in [4.78, 5) is 4.34. The molecule has 1 aromatic rings. The molecule has 0 spiro atoms. The molecular formula is C15H24N2O. The van der Waals surface area contributed by atoms with Crippen molar-refractivity contribution < 1.29 is 4.74 Å². The summed E-state index contributed by atoms with van der Waals surface area (Å²) in [6.45, 7) is 3.85. The molecule has 1 aliphatic carbocycles. The number of nitrogens with zero attached hydrogens (tertiary/aromatic N) is 1. The SMILES string of the molecule is CC(NCCOC1CCCCC1)c1ccccn1. The molecule has 18 heavy (non-hydrogen) atoms. The second-order valence-corrected chi connectivity index (χ2v) is 5.06. The molecule has 0 aliphatic heterocycles. The van der Waals surface area contributed by atoms with Gasteiger partial charge in [0.05, 0.1) is 18.4 Å². The van der Waals surface area contributed by atoms with Gasteiger partial charge in [-0.3, -0.25) is 4.98 Å². The van der Waals surface area contributed by atoms with Gasteiger partial charge in [0.25, 0.3) is 0 Å². The van der Waals surface area contributed by atoms with Gasteiger partial charge in [0.1, 0.15) is 0 Å². The molecule has 1 saturated carbocycles. The van der Waals surface area contributed by atoms with Crippen LogP contribution in [-0.2, 0) is 4.74 Å². The molecular weight excluding hydrogens is 224 g/mol. The van der Waals surface area contributed by atoms with Gasteiger partial charge in [-0.05, 0) is 31.9 Å². The van der Waals surface area contributed by atoms with Gasteiger partial charge in [0.2, 0.25) is 0 Å². The van der Waals surface area contributed by atoms with E-state index in [0.717, 1.165) is 18.8 Å². The maximum absolute atomic E-state index is 5.89. The molecule has 0 saturated heterocycles. The monoisotopic (exact) mass is 248 g/mol. The van der Waals surface area contributed by atoms with Crippen LogP contribution in [0.25, 0.3) is 0 Å². The molecule has 3 heteroatoms. The molecule has 1 heterocycles. The van der Waals surface area contributed by atoms with Crippen LogP contribution in [0.15, 0.2) is 24.4 Å². The van der Waals surface area contributed by atoms with Crippen LogP contribution < -0.4 is 5.32 Å². The van der Waals surface area contributed by atoms with Crippen LogP contribution in [0.3, 0.4) is 0 Å². The Morgan fingerprint density at radius 3 is 2.89 bits per heavy atom. The highest BCUT2D eigenvalue weighted by atomic mass is 16.5. The number of hydrogen-bond acceptors (Lipinski definition) is 3. The maximum atomic E-state index is 5.89. The Kier molecular flexibility index (Phi) is 5.62. The van der Waals surface area contributed by atoms with Crippen molar-refractivity contribution in [1.82, 2.24) is 10.3 Å². The first-order chi connectivity index (χ1) is 8.86. The third-order valence-corrected chi connectivity index (χ3v) is 3.59. The van der Waals surface area contributed by atoms with Crippen molar-refractivity contribution in [2.45, 2.75) is 51.2 Å². The van der Waals surface area contributed by atoms with E-state index in [2.05, 4.69) is 23.3 Å². The van der Waals surface area contributed by atoms with Crippen LogP contribution in [0.1, 0.15) is 50.8 Å². The standard InChI is InChI=1S/C15H24N2O/c1-13(15-9-5-6-10-17-15)16-11-12-18-14-7-3-2-4-8-14/h5-6,9-10,13-14,16H,2-4,7-8,11-12H2,1H3. The minimum absolute atomic E-state index is 0.293. The van der Waals surface area contributed by atoms with E-state index in [1.54, 1.807) is 0 Å². The van der Waals surface area contributed by atoms with E-state index in [1.165, 1.54) is 32.1 Å². The van der Waals surface area contributed by atoms with Gasteiger partial charge in [-0.2, -0.15) is 0 Å². The highest BCUT2D eigenvalue weighted by Gasteiger charge is 2.13. The largest absolute Gasteiger partial charge is 0.377 e. The van der Waals surface area contributed by atoms with E-state index in [0.29, 0.717) is 12.1 Å². The predicted octanol–water partition coefficient (Wildman–Crippen LogP) is 3.08. The number of rotatable bonds is 6. The van der Waals surface area contributed by atoms with Crippen molar-refractivity contribution in [2.75, 3.05) is 13.2 Å². The van der Waals surface area contributed by atoms with Crippen LogP contribution >= 0.6 is 0 Å². The Hall–Kier alpha value is -0.930. The molecule has 0 radical (unpaired) electrons. The Morgan fingerprint density at radius 1 is 1.33 bits per heavy atom. The van der Waals surface area contributed by atoms with Crippen molar-refractivity contribution in [3.63, 3.8) is 0 Å². The molecule has 1 N–H and O–H groups in total. The van der Waals surface area contributed by atoms with Crippen LogP contribution in [0.4, 0.5) is 0 Å². The fourth-order valence-corrected chi connectivity index (χ4v) is 2.47. The molecule has 1 unspecified atom stereocenters. The van der Waals surface area contributed by atoms with Gasteiger partial charge in [0.15, 0.2) is 0 Å². The van der Waals surface area contributed by atoms with E-state index in [4.69, 9.17) is 4.74 Å². The third-order valence-electron chi connectivity index (χ3n) is 3.59. The minimum atomic E-state index is 0.293. The van der Waals surface area contributed by atoms with Crippen molar-refractivity contribution in [3.8, 4) is 0 Å². The fraction of sp³-hybridized carbons (Fsp3) is 0.667. The first-order valence-corrected chi connectivity index (χ1v) is 7.12. The molecule has 0 aromatic carbocycles. The van der Waals surface area contributed by atoms with E-state index < -0.39 is 0 Å². The van der Waals surface area contributed by atoms with Crippen molar-refractivity contribution in [3.05, 3.63) is 30.1 Å². The summed E-state index contributed by atoms with van der Waals surface area (Å²) >= 11 is 0. The first kappa shape index (κ1) is 13.5. The highest BCUT2D eigenvalue weighted by Crippen LogP contribution is 2.19. The second-order valence-electron chi connectivity index (χ2n) is 5.06. The van der Waals surface area contributed by atoms with Crippen molar-refractivity contribution >= 4 is 0 Å². The predicted molar refractivity (Wildman–Crippen MR) is 73.5 cm³/mol. The normalized spacial score (nSPS) is 18.7. The number of hydrogen-bond donors (Lipinski definition) is 1. The van der Waals surface area contributed by atoms with Gasteiger partial charge < -0.3 is 10.1 Å². The Balaban J connectivity index is 1.60. The Bertz CT molecular complexity index is 323. The molecule has 0 bridgehead atoms. The van der Waals surface area contributed by atoms with Gasteiger partial charge >= 0.3 is 0 Å². The zero-order valence-corrected chi connectivity index (χ0v) is 11.3. The van der Waals surface area contributed by atoms with Crippen LogP contribution in [-0.4, -0.2) is 24.2 Å². The number of nitrogens with one attached hydrogen (secondary N) is 1. The van der Waals surface area contributed by atoms with Crippen LogP contribution in [0, 0.1) is 0 Å². The smallest absolute Gasteiger partial charge is 0.0594 e. The van der Waals surface area contributed by atoms with E-state index in [-0.39, 0.29) is 0 Å². The zero-order chi connectivity index (χ0) is 12.6. The van der Waals surface area contributed by atoms with E-state index in [9.17, 15) is 0 Å². The Morgan fingerprint density at radius 2 is 2.17 bits per heavy atom. The number of pyridine rings is 1. The quantitative estimate of drug-likeness (QED) is 0.786. The topological polar surface area (TPSA) is 34.1 Å². The molecule has 0 amide bonds. The third kappa shape index (κ3) is 4.39.